The maximum Gasteiger partial charge on any atom is 0.355 e. The lowest BCUT2D eigenvalue weighted by Gasteiger charge is -2.05. The fourth-order valence-electron chi connectivity index (χ4n) is 2.85. The van der Waals surface area contributed by atoms with Crippen LogP contribution in [0.1, 0.15) is 15.2 Å². The Balaban J connectivity index is 1.33. The van der Waals surface area contributed by atoms with Gasteiger partial charge in [-0.25, -0.2) is 10.2 Å². The molecule has 0 unspecified atom stereocenters. The molecule has 6 nitrogen and oxygen atoms in total. The molecular weight excluding hydrogens is 483 g/mol. The van der Waals surface area contributed by atoms with Crippen LogP contribution in [0.3, 0.4) is 0 Å². The predicted octanol–water partition coefficient (Wildman–Crippen LogP) is 5.96. The summed E-state index contributed by atoms with van der Waals surface area (Å²) in [6, 6.07) is 20.9. The third-order valence-electron chi connectivity index (χ3n) is 4.38. The summed E-state index contributed by atoms with van der Waals surface area (Å²) in [5.74, 6) is -0.118. The van der Waals surface area contributed by atoms with E-state index in [-0.39, 0.29) is 6.61 Å². The van der Waals surface area contributed by atoms with Gasteiger partial charge in [-0.2, -0.15) is 5.10 Å². The van der Waals surface area contributed by atoms with Crippen LogP contribution < -0.4 is 14.9 Å². The number of benzene rings is 3. The summed E-state index contributed by atoms with van der Waals surface area (Å²) in [4.78, 5) is 24.8. The zero-order chi connectivity index (χ0) is 23.2. The first-order valence-corrected chi connectivity index (χ1v) is 11.3. The van der Waals surface area contributed by atoms with E-state index in [0.29, 0.717) is 32.0 Å². The van der Waals surface area contributed by atoms with Crippen molar-refractivity contribution >= 4 is 62.7 Å². The van der Waals surface area contributed by atoms with Crippen molar-refractivity contribution in [2.45, 2.75) is 0 Å². The lowest BCUT2D eigenvalue weighted by Crippen LogP contribution is -2.24. The number of amides is 1. The molecule has 33 heavy (non-hydrogen) atoms. The van der Waals surface area contributed by atoms with Crippen molar-refractivity contribution < 1.29 is 19.1 Å². The fraction of sp³-hybridized carbons (Fsp3) is 0.0417. The van der Waals surface area contributed by atoms with Crippen molar-refractivity contribution in [2.75, 3.05) is 6.61 Å². The molecule has 1 aromatic heterocycles. The van der Waals surface area contributed by atoms with Gasteiger partial charge in [0.15, 0.2) is 6.61 Å². The van der Waals surface area contributed by atoms with Gasteiger partial charge in [-0.15, -0.1) is 11.3 Å². The molecule has 1 amide bonds. The number of thiophene rings is 1. The van der Waals surface area contributed by atoms with E-state index in [1.807, 2.05) is 24.3 Å². The molecule has 0 bridgehead atoms. The van der Waals surface area contributed by atoms with E-state index in [1.165, 1.54) is 17.6 Å². The number of carbonyl (C=O) groups excluding carboxylic acids is 2. The highest BCUT2D eigenvalue weighted by Gasteiger charge is 2.19. The van der Waals surface area contributed by atoms with Crippen LogP contribution in [0.25, 0.3) is 10.1 Å². The first-order chi connectivity index (χ1) is 16.0. The molecule has 0 atom stereocenters. The number of carbonyl (C=O) groups is 2. The van der Waals surface area contributed by atoms with E-state index in [0.717, 1.165) is 10.1 Å². The Labute approximate surface area is 203 Å². The molecule has 0 aliphatic carbocycles. The second-order valence-corrected chi connectivity index (χ2v) is 8.61. The Kier molecular flexibility index (Phi) is 7.24. The van der Waals surface area contributed by atoms with Crippen LogP contribution in [0.4, 0.5) is 0 Å². The Hall–Kier alpha value is -3.39. The van der Waals surface area contributed by atoms with Gasteiger partial charge in [0.1, 0.15) is 16.4 Å². The first kappa shape index (κ1) is 22.8. The average molecular weight is 499 g/mol. The van der Waals surface area contributed by atoms with Crippen LogP contribution in [0.2, 0.25) is 10.0 Å². The molecular formula is C24H16Cl2N2O4S. The third-order valence-corrected chi connectivity index (χ3v) is 6.28. The monoisotopic (exact) mass is 498 g/mol. The summed E-state index contributed by atoms with van der Waals surface area (Å²) in [5, 5.41) is 5.67. The van der Waals surface area contributed by atoms with Gasteiger partial charge in [0, 0.05) is 15.1 Å². The van der Waals surface area contributed by atoms with E-state index in [9.17, 15) is 9.59 Å². The number of nitrogens with one attached hydrogen (secondary N) is 1. The molecule has 0 fully saturated rings. The average Bonchev–Trinajstić information content (AvgIpc) is 3.16. The Morgan fingerprint density at radius 1 is 0.970 bits per heavy atom. The smallest absolute Gasteiger partial charge is 0.355 e. The number of rotatable bonds is 7. The number of hydrazone groups is 1. The second kappa shape index (κ2) is 10.5. The zero-order valence-electron chi connectivity index (χ0n) is 17.0. The van der Waals surface area contributed by atoms with Crippen molar-refractivity contribution in [3.8, 4) is 11.5 Å². The molecule has 4 aromatic rings. The highest BCUT2D eigenvalue weighted by molar-refractivity contribution is 7.21. The van der Waals surface area contributed by atoms with E-state index >= 15 is 0 Å². The maximum absolute atomic E-state index is 12.6. The number of fused-ring (bicyclic) bond motifs is 1. The third kappa shape index (κ3) is 5.90. The summed E-state index contributed by atoms with van der Waals surface area (Å²) < 4.78 is 11.7. The van der Waals surface area contributed by atoms with Crippen molar-refractivity contribution in [2.24, 2.45) is 5.10 Å². The van der Waals surface area contributed by atoms with Gasteiger partial charge in [-0.1, -0.05) is 53.5 Å². The quantitative estimate of drug-likeness (QED) is 0.147. The van der Waals surface area contributed by atoms with Crippen LogP contribution in [0.15, 0.2) is 77.9 Å². The number of esters is 1. The minimum absolute atomic E-state index is 0.202. The molecule has 4 rings (SSSR count). The Morgan fingerprint density at radius 2 is 1.76 bits per heavy atom. The standard InChI is InChI=1S/C24H16Cl2N2O4S/c25-16-8-10-17(11-9-16)31-14-21(29)28-27-13-15-4-3-5-18(12-15)32-24(30)23-22(26)19-6-1-2-7-20(19)33-23/h1-13H,14H2,(H,28,29)/b27-13+. The number of nitrogens with zero attached hydrogens (tertiary/aromatic N) is 1. The number of hydrogen-bond donors (Lipinski definition) is 1. The van der Waals surface area contributed by atoms with Gasteiger partial charge < -0.3 is 9.47 Å². The van der Waals surface area contributed by atoms with E-state index < -0.39 is 11.9 Å². The van der Waals surface area contributed by atoms with Gasteiger partial charge in [-0.05, 0) is 48.0 Å². The largest absolute Gasteiger partial charge is 0.484 e. The minimum Gasteiger partial charge on any atom is -0.484 e. The zero-order valence-corrected chi connectivity index (χ0v) is 19.3. The van der Waals surface area contributed by atoms with Crippen LogP contribution >= 0.6 is 34.5 Å². The van der Waals surface area contributed by atoms with Gasteiger partial charge in [0.2, 0.25) is 0 Å². The van der Waals surface area contributed by atoms with Gasteiger partial charge in [-0.3, -0.25) is 4.79 Å². The summed E-state index contributed by atoms with van der Waals surface area (Å²) in [6.45, 7) is -0.202. The number of ether oxygens (including phenoxy) is 2. The normalized spacial score (nSPS) is 11.0. The second-order valence-electron chi connectivity index (χ2n) is 6.74. The molecule has 1 heterocycles. The molecule has 0 radical (unpaired) electrons. The molecule has 9 heteroatoms. The van der Waals surface area contributed by atoms with Crippen molar-refractivity contribution in [1.29, 1.82) is 0 Å². The predicted molar refractivity (Wildman–Crippen MR) is 131 cm³/mol. The highest BCUT2D eigenvalue weighted by atomic mass is 35.5. The summed E-state index contributed by atoms with van der Waals surface area (Å²) in [7, 11) is 0. The highest BCUT2D eigenvalue weighted by Crippen LogP contribution is 2.35. The number of halogens is 2. The summed E-state index contributed by atoms with van der Waals surface area (Å²) in [6.07, 6.45) is 1.43. The van der Waals surface area contributed by atoms with Crippen LogP contribution in [0.5, 0.6) is 11.5 Å². The minimum atomic E-state index is -0.539. The topological polar surface area (TPSA) is 77.0 Å². The van der Waals surface area contributed by atoms with E-state index in [1.54, 1.807) is 48.5 Å². The molecule has 0 aliphatic heterocycles. The SMILES string of the molecule is O=C(COc1ccc(Cl)cc1)N/N=C/c1cccc(OC(=O)c2sc3ccccc3c2Cl)c1. The molecule has 0 saturated carbocycles. The Bertz CT molecular complexity index is 1340. The van der Waals surface area contributed by atoms with Crippen molar-refractivity contribution in [1.82, 2.24) is 5.43 Å². The van der Waals surface area contributed by atoms with E-state index in [4.69, 9.17) is 32.7 Å². The number of hydrogen-bond acceptors (Lipinski definition) is 6. The lowest BCUT2D eigenvalue weighted by molar-refractivity contribution is -0.123. The van der Waals surface area contributed by atoms with Gasteiger partial charge in [0.25, 0.3) is 5.91 Å². The molecule has 1 N–H and O–H groups in total. The molecule has 0 saturated heterocycles. The van der Waals surface area contributed by atoms with Crippen LogP contribution in [0, 0.1) is 0 Å². The van der Waals surface area contributed by atoms with Crippen LogP contribution in [-0.4, -0.2) is 24.7 Å². The fourth-order valence-corrected chi connectivity index (χ4v) is 4.36. The molecule has 0 aliphatic rings. The Morgan fingerprint density at radius 3 is 2.55 bits per heavy atom. The maximum atomic E-state index is 12.6. The summed E-state index contributed by atoms with van der Waals surface area (Å²) >= 11 is 13.4. The van der Waals surface area contributed by atoms with Gasteiger partial charge >= 0.3 is 5.97 Å². The van der Waals surface area contributed by atoms with E-state index in [2.05, 4.69) is 10.5 Å². The van der Waals surface area contributed by atoms with Crippen molar-refractivity contribution in [3.63, 3.8) is 0 Å². The first-order valence-electron chi connectivity index (χ1n) is 9.69. The summed E-state index contributed by atoms with van der Waals surface area (Å²) in [5.41, 5.74) is 3.00. The van der Waals surface area contributed by atoms with Gasteiger partial charge in [0.05, 0.1) is 11.2 Å². The molecule has 0 spiro atoms. The molecule has 3 aromatic carbocycles. The lowest BCUT2D eigenvalue weighted by atomic mass is 10.2. The van der Waals surface area contributed by atoms with Crippen LogP contribution in [-0.2, 0) is 4.79 Å². The molecule has 166 valence electrons. The van der Waals surface area contributed by atoms with Crippen molar-refractivity contribution in [3.05, 3.63) is 93.3 Å².